The fourth-order valence-electron chi connectivity index (χ4n) is 3.93. The van der Waals surface area contributed by atoms with Crippen LogP contribution >= 0.6 is 0 Å². The lowest BCUT2D eigenvalue weighted by Crippen LogP contribution is -2.26. The molecule has 0 unspecified atom stereocenters. The summed E-state index contributed by atoms with van der Waals surface area (Å²) in [5.74, 6) is -3.23. The molecule has 0 aliphatic carbocycles. The molecule has 3 heterocycles. The number of rotatable bonds is 7. The molecular weight excluding hydrogens is 540 g/mol. The Morgan fingerprint density at radius 2 is 1.75 bits per heavy atom. The van der Waals surface area contributed by atoms with Crippen molar-refractivity contribution in [3.05, 3.63) is 77.1 Å². The van der Waals surface area contributed by atoms with E-state index in [1.54, 1.807) is 18.2 Å². The van der Waals surface area contributed by atoms with E-state index >= 15 is 0 Å². The van der Waals surface area contributed by atoms with E-state index in [9.17, 15) is 31.9 Å². The Balaban J connectivity index is 1.26. The first-order valence-corrected chi connectivity index (χ1v) is 11.6. The molecule has 0 bridgehead atoms. The van der Waals surface area contributed by atoms with Gasteiger partial charge in [0.15, 0.2) is 23.9 Å². The van der Waals surface area contributed by atoms with Gasteiger partial charge in [-0.25, -0.2) is 14.4 Å². The monoisotopic (exact) mass is 558 g/mol. The van der Waals surface area contributed by atoms with E-state index in [1.165, 1.54) is 12.3 Å². The maximum Gasteiger partial charge on any atom is 0.573 e. The summed E-state index contributed by atoms with van der Waals surface area (Å²) in [5, 5.41) is 7.90. The second-order valence-electron chi connectivity index (χ2n) is 8.49. The highest BCUT2D eigenvalue weighted by atomic mass is 19.4. The number of ether oxygens (including phenoxy) is 2. The summed E-state index contributed by atoms with van der Waals surface area (Å²) in [6.07, 6.45) is -2.67. The zero-order valence-corrected chi connectivity index (χ0v) is 20.2. The number of H-pyrrole nitrogens is 1. The minimum atomic E-state index is -5.08. The molecule has 1 aliphatic rings. The second kappa shape index (κ2) is 10.5. The Bertz CT molecular complexity index is 1640. The van der Waals surface area contributed by atoms with Gasteiger partial charge in [-0.2, -0.15) is 0 Å². The van der Waals surface area contributed by atoms with Gasteiger partial charge in [0.25, 0.3) is 17.7 Å². The number of alkyl halides is 3. The highest BCUT2D eigenvalue weighted by Gasteiger charge is 2.32. The van der Waals surface area contributed by atoms with Crippen LogP contribution in [0.3, 0.4) is 0 Å². The third-order valence-electron chi connectivity index (χ3n) is 5.73. The predicted octanol–water partition coefficient (Wildman–Crippen LogP) is 3.19. The molecule has 2 aromatic heterocycles. The molecular formula is C25H18F4N6O5. The molecule has 11 nitrogen and oxygen atoms in total. The Kier molecular flexibility index (Phi) is 6.94. The molecule has 0 radical (unpaired) electrons. The van der Waals surface area contributed by atoms with Crippen LogP contribution in [-0.4, -0.2) is 45.6 Å². The zero-order chi connectivity index (χ0) is 28.4. The Morgan fingerprint density at radius 3 is 2.52 bits per heavy atom. The molecule has 3 amide bonds. The van der Waals surface area contributed by atoms with Crippen molar-refractivity contribution in [3.63, 3.8) is 0 Å². The summed E-state index contributed by atoms with van der Waals surface area (Å²) < 4.78 is 60.0. The van der Waals surface area contributed by atoms with Crippen LogP contribution in [0.15, 0.2) is 48.9 Å². The summed E-state index contributed by atoms with van der Waals surface area (Å²) in [7, 11) is 0. The van der Waals surface area contributed by atoms with Crippen LogP contribution in [-0.2, 0) is 17.9 Å². The van der Waals surface area contributed by atoms with Gasteiger partial charge in [0.2, 0.25) is 0 Å². The fraction of sp³-hybridized carbons (Fsp3) is 0.160. The van der Waals surface area contributed by atoms with Gasteiger partial charge in [0, 0.05) is 19.3 Å². The smallest absolute Gasteiger partial charge is 0.482 e. The molecule has 0 atom stereocenters. The highest BCUT2D eigenvalue weighted by molar-refractivity contribution is 6.10. The largest absolute Gasteiger partial charge is 0.573 e. The molecule has 4 N–H and O–H groups in total. The maximum atomic E-state index is 13.6. The number of carbonyl (C=O) groups is 3. The van der Waals surface area contributed by atoms with Gasteiger partial charge in [-0.05, 0) is 35.4 Å². The Labute approximate surface area is 221 Å². The molecule has 0 saturated heterocycles. The lowest BCUT2D eigenvalue weighted by molar-refractivity contribution is -0.275. The number of amides is 3. The van der Waals surface area contributed by atoms with E-state index in [0.717, 1.165) is 18.5 Å². The second-order valence-corrected chi connectivity index (χ2v) is 8.49. The average Bonchev–Trinajstić information content (AvgIpc) is 3.35. The Hall–Kier alpha value is -5.21. The lowest BCUT2D eigenvalue weighted by Gasteiger charge is -2.18. The third kappa shape index (κ3) is 5.77. The van der Waals surface area contributed by atoms with Gasteiger partial charge < -0.3 is 30.4 Å². The normalized spacial score (nSPS) is 12.8. The van der Waals surface area contributed by atoms with Crippen LogP contribution in [0, 0.1) is 5.82 Å². The minimum absolute atomic E-state index is 0.0360. The van der Waals surface area contributed by atoms with Gasteiger partial charge in [-0.15, -0.1) is 13.2 Å². The van der Waals surface area contributed by atoms with Gasteiger partial charge in [-0.3, -0.25) is 14.4 Å². The van der Waals surface area contributed by atoms with Crippen LogP contribution in [0.1, 0.15) is 32.0 Å². The number of aromatic amines is 1. The van der Waals surface area contributed by atoms with Crippen LogP contribution in [0.25, 0.3) is 11.0 Å². The molecule has 15 heteroatoms. The highest BCUT2D eigenvalue weighted by Crippen LogP contribution is 2.29. The van der Waals surface area contributed by atoms with Crippen LogP contribution < -0.4 is 25.4 Å². The molecule has 206 valence electrons. The van der Waals surface area contributed by atoms with Crippen LogP contribution in [0.5, 0.6) is 11.5 Å². The van der Waals surface area contributed by atoms with E-state index < -0.39 is 29.7 Å². The summed E-state index contributed by atoms with van der Waals surface area (Å²) >= 11 is 0. The van der Waals surface area contributed by atoms with E-state index in [0.29, 0.717) is 17.0 Å². The van der Waals surface area contributed by atoms with E-state index in [2.05, 4.69) is 35.6 Å². The summed E-state index contributed by atoms with van der Waals surface area (Å²) in [5.41, 5.74) is 1.63. The van der Waals surface area contributed by atoms with Crippen molar-refractivity contribution in [3.8, 4) is 11.5 Å². The summed E-state index contributed by atoms with van der Waals surface area (Å²) in [6.45, 7) is -0.225. The molecule has 1 aliphatic heterocycles. The van der Waals surface area contributed by atoms with E-state index in [-0.39, 0.29) is 53.5 Å². The molecule has 0 fully saturated rings. The molecule has 40 heavy (non-hydrogen) atoms. The number of benzene rings is 2. The SMILES string of the molecule is O=C1COc2ccc(CNC(=O)c3ncnc4c(C(=O)NCc5ccc(F)c(OC(F)(F)F)c5)c[nH]c34)cc2N1. The number of halogens is 4. The molecule has 4 aromatic rings. The molecule has 2 aromatic carbocycles. The number of hydrogen-bond donors (Lipinski definition) is 4. The first-order valence-electron chi connectivity index (χ1n) is 11.6. The predicted molar refractivity (Wildman–Crippen MR) is 130 cm³/mol. The fourth-order valence-corrected chi connectivity index (χ4v) is 3.93. The zero-order valence-electron chi connectivity index (χ0n) is 20.2. The van der Waals surface area contributed by atoms with Gasteiger partial charge in [0.1, 0.15) is 17.6 Å². The van der Waals surface area contributed by atoms with E-state index in [4.69, 9.17) is 4.74 Å². The van der Waals surface area contributed by atoms with Crippen molar-refractivity contribution >= 4 is 34.4 Å². The van der Waals surface area contributed by atoms with Crippen molar-refractivity contribution in [1.82, 2.24) is 25.6 Å². The molecule has 0 saturated carbocycles. The van der Waals surface area contributed by atoms with Gasteiger partial charge >= 0.3 is 6.36 Å². The standard InChI is InChI=1S/C25H18F4N6O5/c26-15-3-1-13(6-18(15)40-25(27,28)29)8-31-23(37)14-9-30-21-20(14)33-11-34-22(21)24(38)32-7-12-2-4-17-16(5-12)35-19(36)10-39-17/h1-6,9,11,30H,7-8,10H2,(H,31,37)(H,32,38)(H,35,36). The number of nitrogens with zero attached hydrogens (tertiary/aromatic N) is 2. The number of aromatic nitrogens is 3. The number of anilines is 1. The number of fused-ring (bicyclic) bond motifs is 2. The van der Waals surface area contributed by atoms with Crippen molar-refractivity contribution in [2.24, 2.45) is 0 Å². The lowest BCUT2D eigenvalue weighted by atomic mass is 10.1. The first kappa shape index (κ1) is 26.4. The van der Waals surface area contributed by atoms with Crippen LogP contribution in [0.2, 0.25) is 0 Å². The average molecular weight is 558 g/mol. The first-order chi connectivity index (χ1) is 19.1. The van der Waals surface area contributed by atoms with Gasteiger partial charge in [-0.1, -0.05) is 12.1 Å². The topological polar surface area (TPSA) is 147 Å². The van der Waals surface area contributed by atoms with Crippen LogP contribution in [0.4, 0.5) is 23.2 Å². The number of nitrogens with one attached hydrogen (secondary N) is 4. The van der Waals surface area contributed by atoms with Crippen molar-refractivity contribution in [2.45, 2.75) is 19.5 Å². The van der Waals surface area contributed by atoms with Crippen molar-refractivity contribution in [1.29, 1.82) is 0 Å². The third-order valence-corrected chi connectivity index (χ3v) is 5.73. The van der Waals surface area contributed by atoms with Crippen molar-refractivity contribution in [2.75, 3.05) is 11.9 Å². The number of hydrogen-bond acceptors (Lipinski definition) is 7. The van der Waals surface area contributed by atoms with Gasteiger partial charge in [0.05, 0.1) is 16.8 Å². The van der Waals surface area contributed by atoms with E-state index in [1.807, 2.05) is 0 Å². The summed E-state index contributed by atoms with van der Waals surface area (Å²) in [4.78, 5) is 48.1. The minimum Gasteiger partial charge on any atom is -0.482 e. The quantitative estimate of drug-likeness (QED) is 0.255. The maximum absolute atomic E-state index is 13.6. The Morgan fingerprint density at radius 1 is 1.02 bits per heavy atom. The number of carbonyl (C=O) groups excluding carboxylic acids is 3. The molecule has 0 spiro atoms. The molecule has 5 rings (SSSR count). The van der Waals surface area contributed by atoms with Crippen molar-refractivity contribution < 1.29 is 41.4 Å². The summed E-state index contributed by atoms with van der Waals surface area (Å²) in [6, 6.07) is 7.88.